The number of hydrogen-bond acceptors (Lipinski definition) is 2. The SMILES string of the molecule is CC(CNCc1nccn1C(F)F)c1ccccc1. The van der Waals surface area contributed by atoms with Gasteiger partial charge in [-0.2, -0.15) is 8.78 Å². The number of rotatable bonds is 6. The molecule has 5 heteroatoms. The maximum absolute atomic E-state index is 12.6. The van der Waals surface area contributed by atoms with Crippen LogP contribution in [-0.4, -0.2) is 16.1 Å². The van der Waals surface area contributed by atoms with Gasteiger partial charge in [-0.05, 0) is 11.5 Å². The van der Waals surface area contributed by atoms with Crippen molar-refractivity contribution in [3.05, 3.63) is 54.1 Å². The molecule has 0 fully saturated rings. The first-order valence-electron chi connectivity index (χ1n) is 6.24. The summed E-state index contributed by atoms with van der Waals surface area (Å²) in [5.41, 5.74) is 1.23. The minimum Gasteiger partial charge on any atom is -0.309 e. The lowest BCUT2D eigenvalue weighted by Gasteiger charge is -2.13. The van der Waals surface area contributed by atoms with Gasteiger partial charge in [0, 0.05) is 18.9 Å². The molecule has 1 heterocycles. The van der Waals surface area contributed by atoms with Crippen LogP contribution in [-0.2, 0) is 6.54 Å². The molecule has 1 aromatic carbocycles. The maximum Gasteiger partial charge on any atom is 0.319 e. The normalized spacial score (nSPS) is 12.8. The van der Waals surface area contributed by atoms with Gasteiger partial charge in [-0.1, -0.05) is 37.3 Å². The van der Waals surface area contributed by atoms with Gasteiger partial charge in [0.2, 0.25) is 0 Å². The highest BCUT2D eigenvalue weighted by Gasteiger charge is 2.11. The van der Waals surface area contributed by atoms with Crippen LogP contribution in [0.3, 0.4) is 0 Å². The Kier molecular flexibility index (Phi) is 4.63. The molecule has 0 amide bonds. The van der Waals surface area contributed by atoms with Gasteiger partial charge >= 0.3 is 6.55 Å². The molecule has 0 bridgehead atoms. The topological polar surface area (TPSA) is 29.9 Å². The van der Waals surface area contributed by atoms with E-state index in [4.69, 9.17) is 0 Å². The van der Waals surface area contributed by atoms with Gasteiger partial charge < -0.3 is 5.32 Å². The van der Waals surface area contributed by atoms with E-state index in [1.807, 2.05) is 18.2 Å². The molecular formula is C14H17F2N3. The fourth-order valence-electron chi connectivity index (χ4n) is 1.96. The lowest BCUT2D eigenvalue weighted by Crippen LogP contribution is -2.22. The van der Waals surface area contributed by atoms with Crippen LogP contribution in [0.15, 0.2) is 42.7 Å². The third-order valence-electron chi connectivity index (χ3n) is 3.06. The molecule has 0 aliphatic heterocycles. The average molecular weight is 265 g/mol. The van der Waals surface area contributed by atoms with Gasteiger partial charge in [0.1, 0.15) is 5.82 Å². The summed E-state index contributed by atoms with van der Waals surface area (Å²) in [6.07, 6.45) is 2.69. The van der Waals surface area contributed by atoms with Crippen molar-refractivity contribution in [3.8, 4) is 0 Å². The number of nitrogens with one attached hydrogen (secondary N) is 1. The van der Waals surface area contributed by atoms with Crippen molar-refractivity contribution >= 4 is 0 Å². The molecule has 1 N–H and O–H groups in total. The first-order valence-corrected chi connectivity index (χ1v) is 6.24. The lowest BCUT2D eigenvalue weighted by molar-refractivity contribution is 0.0666. The van der Waals surface area contributed by atoms with E-state index in [9.17, 15) is 8.78 Å². The highest BCUT2D eigenvalue weighted by atomic mass is 19.3. The predicted molar refractivity (Wildman–Crippen MR) is 70.0 cm³/mol. The molecule has 0 radical (unpaired) electrons. The molecule has 1 atom stereocenters. The third-order valence-corrected chi connectivity index (χ3v) is 3.06. The largest absolute Gasteiger partial charge is 0.319 e. The van der Waals surface area contributed by atoms with Crippen LogP contribution in [0.5, 0.6) is 0 Å². The van der Waals surface area contributed by atoms with E-state index in [-0.39, 0.29) is 0 Å². The molecule has 0 aliphatic carbocycles. The lowest BCUT2D eigenvalue weighted by atomic mass is 10.0. The Hall–Kier alpha value is -1.75. The molecule has 0 spiro atoms. The number of hydrogen-bond donors (Lipinski definition) is 1. The van der Waals surface area contributed by atoms with Gasteiger partial charge in [0.25, 0.3) is 0 Å². The van der Waals surface area contributed by atoms with Crippen LogP contribution in [0.1, 0.15) is 30.8 Å². The molecule has 3 nitrogen and oxygen atoms in total. The zero-order valence-corrected chi connectivity index (χ0v) is 10.8. The number of imidazole rings is 1. The van der Waals surface area contributed by atoms with Crippen molar-refractivity contribution in [1.29, 1.82) is 0 Å². The van der Waals surface area contributed by atoms with Gasteiger partial charge in [-0.25, -0.2) is 4.98 Å². The van der Waals surface area contributed by atoms with Crippen molar-refractivity contribution < 1.29 is 8.78 Å². The summed E-state index contributed by atoms with van der Waals surface area (Å²) in [5, 5.41) is 3.16. The number of aromatic nitrogens is 2. The summed E-state index contributed by atoms with van der Waals surface area (Å²) in [6.45, 7) is 0.627. The summed E-state index contributed by atoms with van der Waals surface area (Å²) in [6, 6.07) is 10.1. The number of halogens is 2. The second-order valence-electron chi connectivity index (χ2n) is 4.47. The van der Waals surface area contributed by atoms with E-state index >= 15 is 0 Å². The van der Waals surface area contributed by atoms with E-state index in [2.05, 4.69) is 29.4 Å². The minimum absolute atomic E-state index is 0.330. The van der Waals surface area contributed by atoms with Crippen LogP contribution in [0.25, 0.3) is 0 Å². The molecule has 102 valence electrons. The fraction of sp³-hybridized carbons (Fsp3) is 0.357. The second-order valence-corrected chi connectivity index (χ2v) is 4.47. The van der Waals surface area contributed by atoms with Crippen molar-refractivity contribution in [2.24, 2.45) is 0 Å². The van der Waals surface area contributed by atoms with Crippen molar-refractivity contribution in [2.75, 3.05) is 6.54 Å². The number of nitrogens with zero attached hydrogens (tertiary/aromatic N) is 2. The average Bonchev–Trinajstić information content (AvgIpc) is 2.88. The summed E-state index contributed by atoms with van der Waals surface area (Å²) in [7, 11) is 0. The van der Waals surface area contributed by atoms with Gasteiger partial charge in [-0.3, -0.25) is 4.57 Å². The molecule has 2 aromatic rings. The third kappa shape index (κ3) is 3.61. The molecule has 0 saturated heterocycles. The molecule has 0 saturated carbocycles. The van der Waals surface area contributed by atoms with Crippen molar-refractivity contribution in [2.45, 2.75) is 25.9 Å². The maximum atomic E-state index is 12.6. The summed E-state index contributed by atoms with van der Waals surface area (Å²) < 4.78 is 26.1. The Morgan fingerprint density at radius 3 is 2.68 bits per heavy atom. The Bertz CT molecular complexity index is 496. The summed E-state index contributed by atoms with van der Waals surface area (Å²) in [4.78, 5) is 3.93. The summed E-state index contributed by atoms with van der Waals surface area (Å²) in [5.74, 6) is 0.687. The Morgan fingerprint density at radius 1 is 1.26 bits per heavy atom. The standard InChI is InChI=1S/C14H17F2N3/c1-11(12-5-3-2-4-6-12)9-17-10-13-18-7-8-19(13)14(15)16/h2-8,11,14,17H,9-10H2,1H3. The van der Waals surface area contributed by atoms with Crippen molar-refractivity contribution in [3.63, 3.8) is 0 Å². The smallest absolute Gasteiger partial charge is 0.309 e. The predicted octanol–water partition coefficient (Wildman–Crippen LogP) is 3.17. The van der Waals surface area contributed by atoms with Gasteiger partial charge in [0.15, 0.2) is 0 Å². The Morgan fingerprint density at radius 2 is 2.00 bits per heavy atom. The van der Waals surface area contributed by atoms with Gasteiger partial charge in [-0.15, -0.1) is 0 Å². The first-order chi connectivity index (χ1) is 9.18. The van der Waals surface area contributed by atoms with Crippen molar-refractivity contribution in [1.82, 2.24) is 14.9 Å². The monoisotopic (exact) mass is 265 g/mol. The zero-order chi connectivity index (χ0) is 13.7. The van der Waals surface area contributed by atoms with Crippen LogP contribution in [0.4, 0.5) is 8.78 Å². The first kappa shape index (κ1) is 13.7. The van der Waals surface area contributed by atoms with E-state index in [1.165, 1.54) is 18.0 Å². The zero-order valence-electron chi connectivity index (χ0n) is 10.8. The Labute approximate surface area is 111 Å². The molecule has 1 unspecified atom stereocenters. The minimum atomic E-state index is -2.54. The molecule has 2 rings (SSSR count). The highest BCUT2D eigenvalue weighted by molar-refractivity contribution is 5.18. The molecule has 0 aliphatic rings. The number of benzene rings is 1. The highest BCUT2D eigenvalue weighted by Crippen LogP contribution is 2.14. The van der Waals surface area contributed by atoms with Gasteiger partial charge in [0.05, 0.1) is 6.54 Å². The van der Waals surface area contributed by atoms with Crippen LogP contribution in [0, 0.1) is 0 Å². The van der Waals surface area contributed by atoms with E-state index in [0.717, 1.165) is 11.1 Å². The van der Waals surface area contributed by atoms with Crippen LogP contribution in [0.2, 0.25) is 0 Å². The fourth-order valence-corrected chi connectivity index (χ4v) is 1.96. The molecule has 19 heavy (non-hydrogen) atoms. The summed E-state index contributed by atoms with van der Waals surface area (Å²) >= 11 is 0. The number of alkyl halides is 2. The molecular weight excluding hydrogens is 248 g/mol. The Balaban J connectivity index is 1.85. The second kappa shape index (κ2) is 6.43. The van der Waals surface area contributed by atoms with E-state index in [1.54, 1.807) is 0 Å². The van der Waals surface area contributed by atoms with E-state index < -0.39 is 6.55 Å². The van der Waals surface area contributed by atoms with E-state index in [0.29, 0.717) is 18.3 Å². The molecule has 1 aromatic heterocycles. The van der Waals surface area contributed by atoms with Crippen LogP contribution < -0.4 is 5.32 Å². The van der Waals surface area contributed by atoms with Crippen LogP contribution >= 0.6 is 0 Å². The quantitative estimate of drug-likeness (QED) is 0.869.